The molecule has 1 saturated heterocycles. The molecular formula is C25H27FN4O2. The van der Waals surface area contributed by atoms with Crippen LogP contribution in [0.15, 0.2) is 47.0 Å². The van der Waals surface area contributed by atoms with Gasteiger partial charge in [-0.05, 0) is 74.0 Å². The molecule has 2 aromatic carbocycles. The Bertz CT molecular complexity index is 1110. The normalized spacial score (nSPS) is 18.5. The highest BCUT2D eigenvalue weighted by Gasteiger charge is 2.26. The van der Waals surface area contributed by atoms with Gasteiger partial charge in [0.1, 0.15) is 5.82 Å². The first kappa shape index (κ1) is 20.8. The SMILES string of the molecule is O=C(CCN1CCCC(c2nc(-c3cccc(F)c3)no2)C1)Nc1ccc2c(c1)CCC2. The lowest BCUT2D eigenvalue weighted by atomic mass is 9.98. The highest BCUT2D eigenvalue weighted by molar-refractivity contribution is 5.91. The molecule has 1 unspecified atom stereocenters. The summed E-state index contributed by atoms with van der Waals surface area (Å²) in [7, 11) is 0. The number of amides is 1. The van der Waals surface area contributed by atoms with Crippen LogP contribution >= 0.6 is 0 Å². The Hall–Kier alpha value is -3.06. The second kappa shape index (κ2) is 9.20. The van der Waals surface area contributed by atoms with Crippen LogP contribution in [0.2, 0.25) is 0 Å². The smallest absolute Gasteiger partial charge is 0.231 e. The number of nitrogens with zero attached hydrogens (tertiary/aromatic N) is 3. The second-order valence-corrected chi connectivity index (χ2v) is 8.74. The first-order valence-corrected chi connectivity index (χ1v) is 11.4. The molecule has 0 bridgehead atoms. The van der Waals surface area contributed by atoms with Gasteiger partial charge in [-0.25, -0.2) is 4.39 Å². The minimum Gasteiger partial charge on any atom is -0.339 e. The van der Waals surface area contributed by atoms with Crippen LogP contribution in [0.4, 0.5) is 10.1 Å². The number of aromatic nitrogens is 2. The molecule has 2 aliphatic rings. The van der Waals surface area contributed by atoms with Gasteiger partial charge >= 0.3 is 0 Å². The molecule has 1 fully saturated rings. The molecule has 1 atom stereocenters. The summed E-state index contributed by atoms with van der Waals surface area (Å²) in [5, 5.41) is 7.08. The van der Waals surface area contributed by atoms with Gasteiger partial charge < -0.3 is 14.7 Å². The van der Waals surface area contributed by atoms with E-state index in [4.69, 9.17) is 4.52 Å². The van der Waals surface area contributed by atoms with Crippen molar-refractivity contribution in [3.8, 4) is 11.4 Å². The molecule has 7 heteroatoms. The number of benzene rings is 2. The Morgan fingerprint density at radius 3 is 2.97 bits per heavy atom. The molecule has 6 nitrogen and oxygen atoms in total. The van der Waals surface area contributed by atoms with Crippen LogP contribution in [0, 0.1) is 5.82 Å². The van der Waals surface area contributed by atoms with Crippen molar-refractivity contribution < 1.29 is 13.7 Å². The molecule has 5 rings (SSSR count). The summed E-state index contributed by atoms with van der Waals surface area (Å²) in [6.45, 7) is 2.42. The Balaban J connectivity index is 1.15. The van der Waals surface area contributed by atoms with Crippen LogP contribution in [-0.2, 0) is 17.6 Å². The van der Waals surface area contributed by atoms with Crippen molar-refractivity contribution in [2.45, 2.75) is 44.4 Å². The molecule has 0 radical (unpaired) electrons. The summed E-state index contributed by atoms with van der Waals surface area (Å²) in [5.74, 6) is 0.826. The van der Waals surface area contributed by atoms with Crippen LogP contribution in [0.25, 0.3) is 11.4 Å². The van der Waals surface area contributed by atoms with E-state index in [1.54, 1.807) is 12.1 Å². The lowest BCUT2D eigenvalue weighted by Crippen LogP contribution is -2.36. The molecule has 0 spiro atoms. The summed E-state index contributed by atoms with van der Waals surface area (Å²) >= 11 is 0. The minimum absolute atomic E-state index is 0.0382. The summed E-state index contributed by atoms with van der Waals surface area (Å²) < 4.78 is 19.0. The number of fused-ring (bicyclic) bond motifs is 1. The highest BCUT2D eigenvalue weighted by atomic mass is 19.1. The minimum atomic E-state index is -0.323. The van der Waals surface area contributed by atoms with E-state index in [-0.39, 0.29) is 17.6 Å². The second-order valence-electron chi connectivity index (χ2n) is 8.74. The highest BCUT2D eigenvalue weighted by Crippen LogP contribution is 2.28. The van der Waals surface area contributed by atoms with Crippen molar-refractivity contribution in [1.29, 1.82) is 0 Å². The van der Waals surface area contributed by atoms with Gasteiger partial charge in [0.15, 0.2) is 0 Å². The topological polar surface area (TPSA) is 71.3 Å². The van der Waals surface area contributed by atoms with E-state index in [0.717, 1.165) is 44.5 Å². The first-order valence-electron chi connectivity index (χ1n) is 11.4. The molecule has 3 aromatic rings. The maximum absolute atomic E-state index is 13.5. The van der Waals surface area contributed by atoms with Crippen molar-refractivity contribution in [3.63, 3.8) is 0 Å². The average molecular weight is 435 g/mol. The third-order valence-electron chi connectivity index (χ3n) is 6.42. The number of hydrogen-bond acceptors (Lipinski definition) is 5. The fourth-order valence-electron chi connectivity index (χ4n) is 4.74. The van der Waals surface area contributed by atoms with Crippen LogP contribution < -0.4 is 5.32 Å². The van der Waals surface area contributed by atoms with E-state index >= 15 is 0 Å². The Morgan fingerprint density at radius 2 is 2.06 bits per heavy atom. The zero-order valence-electron chi connectivity index (χ0n) is 18.0. The summed E-state index contributed by atoms with van der Waals surface area (Å²) in [4.78, 5) is 19.3. The maximum atomic E-state index is 13.5. The number of likely N-dealkylation sites (tertiary alicyclic amines) is 1. The van der Waals surface area contributed by atoms with Crippen molar-refractivity contribution in [2.24, 2.45) is 0 Å². The maximum Gasteiger partial charge on any atom is 0.231 e. The van der Waals surface area contributed by atoms with Crippen molar-refractivity contribution in [1.82, 2.24) is 15.0 Å². The van der Waals surface area contributed by atoms with Gasteiger partial charge in [-0.1, -0.05) is 23.4 Å². The van der Waals surface area contributed by atoms with Gasteiger partial charge in [0, 0.05) is 30.8 Å². The third-order valence-corrected chi connectivity index (χ3v) is 6.42. The van der Waals surface area contributed by atoms with Crippen LogP contribution in [0.5, 0.6) is 0 Å². The van der Waals surface area contributed by atoms with Gasteiger partial charge in [0.25, 0.3) is 0 Å². The fourth-order valence-corrected chi connectivity index (χ4v) is 4.74. The molecular weight excluding hydrogens is 407 g/mol. The number of aryl methyl sites for hydroxylation is 2. The van der Waals surface area contributed by atoms with Crippen molar-refractivity contribution >= 4 is 11.6 Å². The molecule has 0 saturated carbocycles. The van der Waals surface area contributed by atoms with Gasteiger partial charge in [-0.2, -0.15) is 4.98 Å². The molecule has 1 N–H and O–H groups in total. The predicted molar refractivity (Wildman–Crippen MR) is 120 cm³/mol. The molecule has 32 heavy (non-hydrogen) atoms. The van der Waals surface area contributed by atoms with E-state index in [0.29, 0.717) is 30.2 Å². The third kappa shape index (κ3) is 4.72. The molecule has 1 aromatic heterocycles. The van der Waals surface area contributed by atoms with Gasteiger partial charge in [-0.3, -0.25) is 4.79 Å². The Labute approximate surface area is 186 Å². The van der Waals surface area contributed by atoms with E-state index in [9.17, 15) is 9.18 Å². The number of carbonyl (C=O) groups excluding carboxylic acids is 1. The van der Waals surface area contributed by atoms with Crippen LogP contribution in [0.1, 0.15) is 48.6 Å². The largest absolute Gasteiger partial charge is 0.339 e. The summed E-state index contributed by atoms with van der Waals surface area (Å²) in [6, 6.07) is 12.5. The number of piperidine rings is 1. The van der Waals surface area contributed by atoms with Crippen molar-refractivity contribution in [2.75, 3.05) is 25.0 Å². The zero-order valence-corrected chi connectivity index (χ0v) is 18.0. The number of hydrogen-bond donors (Lipinski definition) is 1. The number of anilines is 1. The molecule has 166 valence electrons. The van der Waals surface area contributed by atoms with Crippen LogP contribution in [0.3, 0.4) is 0 Å². The quantitative estimate of drug-likeness (QED) is 0.615. The van der Waals surface area contributed by atoms with E-state index in [1.165, 1.54) is 29.7 Å². The molecule has 1 aliphatic carbocycles. The van der Waals surface area contributed by atoms with E-state index < -0.39 is 0 Å². The van der Waals surface area contributed by atoms with Gasteiger partial charge in [-0.15, -0.1) is 0 Å². The Kier molecular flexibility index (Phi) is 5.99. The number of carbonyl (C=O) groups is 1. The molecule has 1 aliphatic heterocycles. The van der Waals surface area contributed by atoms with E-state index in [1.807, 2.05) is 6.07 Å². The zero-order chi connectivity index (χ0) is 21.9. The average Bonchev–Trinajstić information content (AvgIpc) is 3.47. The standard InChI is InChI=1S/C25H27FN4O2/c26-21-8-2-6-19(14-21)24-28-25(32-29-24)20-7-3-12-30(16-20)13-11-23(31)27-22-10-9-17-4-1-5-18(17)15-22/h2,6,8-10,14-15,20H,1,3-5,7,11-13,16H2,(H,27,31). The monoisotopic (exact) mass is 434 g/mol. The lowest BCUT2D eigenvalue weighted by molar-refractivity contribution is -0.116. The molecule has 2 heterocycles. The number of rotatable bonds is 6. The van der Waals surface area contributed by atoms with E-state index in [2.05, 4.69) is 32.5 Å². The predicted octanol–water partition coefficient (Wildman–Crippen LogP) is 4.57. The lowest BCUT2D eigenvalue weighted by Gasteiger charge is -2.30. The number of halogens is 1. The van der Waals surface area contributed by atoms with Crippen LogP contribution in [-0.4, -0.2) is 40.6 Å². The van der Waals surface area contributed by atoms with Crippen molar-refractivity contribution in [3.05, 3.63) is 65.3 Å². The van der Waals surface area contributed by atoms with Gasteiger partial charge in [0.05, 0.1) is 5.92 Å². The summed E-state index contributed by atoms with van der Waals surface area (Å²) in [6.07, 6.45) is 5.86. The first-order chi connectivity index (χ1) is 15.6. The number of nitrogens with one attached hydrogen (secondary N) is 1. The summed E-state index contributed by atoms with van der Waals surface area (Å²) in [5.41, 5.74) is 4.27. The molecule has 1 amide bonds. The Morgan fingerprint density at radius 1 is 1.16 bits per heavy atom. The van der Waals surface area contributed by atoms with Gasteiger partial charge in [0.2, 0.25) is 17.6 Å². The fraction of sp³-hybridized carbons (Fsp3) is 0.400.